The first-order valence-electron chi connectivity index (χ1n) is 12.2. The van der Waals surface area contributed by atoms with Crippen LogP contribution in [0.5, 0.6) is 5.75 Å². The number of rotatable bonds is 11. The summed E-state index contributed by atoms with van der Waals surface area (Å²) in [4.78, 5) is 12.7. The van der Waals surface area contributed by atoms with E-state index in [1.165, 1.54) is 42.5 Å². The van der Waals surface area contributed by atoms with Gasteiger partial charge in [-0.15, -0.1) is 0 Å². The lowest BCUT2D eigenvalue weighted by atomic mass is 10.3. The summed E-state index contributed by atoms with van der Waals surface area (Å²) in [5.74, 6) is -0.796. The molecule has 0 aliphatic rings. The first-order valence-corrected chi connectivity index (χ1v) is 15.5. The fraction of sp³-hybridized carbons (Fsp3) is 0.107. The summed E-state index contributed by atoms with van der Waals surface area (Å²) in [6.07, 6.45) is 0. The molecule has 0 bridgehead atoms. The van der Waals surface area contributed by atoms with Crippen LogP contribution in [0.25, 0.3) is 0 Å². The monoisotopic (exact) mass is 617 g/mol. The van der Waals surface area contributed by atoms with E-state index in [2.05, 4.69) is 10.0 Å². The van der Waals surface area contributed by atoms with Crippen LogP contribution >= 0.6 is 11.6 Å². The Morgan fingerprint density at radius 3 is 2.07 bits per heavy atom. The van der Waals surface area contributed by atoms with Gasteiger partial charge in [-0.05, 0) is 91.9 Å². The second-order valence-corrected chi connectivity index (χ2v) is 12.5. The lowest BCUT2D eigenvalue weighted by Crippen LogP contribution is -2.38. The quantitative estimate of drug-likeness (QED) is 0.229. The van der Waals surface area contributed by atoms with Gasteiger partial charge in [0.15, 0.2) is 0 Å². The Kier molecular flexibility index (Phi) is 9.16. The van der Waals surface area contributed by atoms with Crippen molar-refractivity contribution < 1.29 is 30.8 Å². The first-order chi connectivity index (χ1) is 19.5. The van der Waals surface area contributed by atoms with Crippen molar-refractivity contribution in [2.45, 2.75) is 16.7 Å². The molecular formula is C28H25ClFN3O6S2. The van der Waals surface area contributed by atoms with Gasteiger partial charge in [0.1, 0.15) is 18.1 Å². The number of anilines is 3. The Balaban J connectivity index is 1.54. The normalized spacial score (nSPS) is 11.5. The molecule has 0 aliphatic carbocycles. The van der Waals surface area contributed by atoms with E-state index in [1.807, 2.05) is 0 Å². The number of nitrogens with one attached hydrogen (secondary N) is 2. The summed E-state index contributed by atoms with van der Waals surface area (Å²) in [6, 6.07) is 22.0. The predicted molar refractivity (Wildman–Crippen MR) is 156 cm³/mol. The van der Waals surface area contributed by atoms with Crippen molar-refractivity contribution >= 4 is 54.6 Å². The molecule has 0 unspecified atom stereocenters. The van der Waals surface area contributed by atoms with Crippen LogP contribution in [-0.2, 0) is 24.8 Å². The average Bonchev–Trinajstić information content (AvgIpc) is 2.94. The van der Waals surface area contributed by atoms with Crippen LogP contribution in [0, 0.1) is 5.82 Å². The van der Waals surface area contributed by atoms with Crippen LogP contribution in [0.1, 0.15) is 6.92 Å². The molecular weight excluding hydrogens is 593 g/mol. The molecule has 1 amide bonds. The van der Waals surface area contributed by atoms with Gasteiger partial charge < -0.3 is 10.1 Å². The fourth-order valence-electron chi connectivity index (χ4n) is 3.72. The Morgan fingerprint density at radius 1 is 0.854 bits per heavy atom. The van der Waals surface area contributed by atoms with E-state index in [1.54, 1.807) is 37.3 Å². The van der Waals surface area contributed by atoms with Gasteiger partial charge in [0, 0.05) is 5.69 Å². The van der Waals surface area contributed by atoms with E-state index in [0.717, 1.165) is 28.6 Å². The lowest BCUT2D eigenvalue weighted by molar-refractivity contribution is -0.114. The van der Waals surface area contributed by atoms with Gasteiger partial charge in [-0.2, -0.15) is 0 Å². The van der Waals surface area contributed by atoms with Crippen LogP contribution in [-0.4, -0.2) is 35.9 Å². The molecule has 0 atom stereocenters. The minimum atomic E-state index is -4.28. The summed E-state index contributed by atoms with van der Waals surface area (Å²) >= 11 is 6.04. The standard InChI is InChI=1S/C28H25ClFN3O6S2/c1-2-39-23-13-11-22(12-14-23)33(41(37,38)25-15-7-20(30)8-16-25)19-28(34)31-21-9-17-24(18-10-21)40(35,36)32-27-6-4-3-5-26(27)29/h3-18,32H,2,19H2,1H3,(H,31,34). The average molecular weight is 618 g/mol. The zero-order chi connectivity index (χ0) is 29.6. The molecule has 0 heterocycles. The lowest BCUT2D eigenvalue weighted by Gasteiger charge is -2.24. The highest BCUT2D eigenvalue weighted by Crippen LogP contribution is 2.27. The van der Waals surface area contributed by atoms with Crippen molar-refractivity contribution in [3.8, 4) is 5.75 Å². The molecule has 41 heavy (non-hydrogen) atoms. The number of nitrogens with zero attached hydrogens (tertiary/aromatic N) is 1. The van der Waals surface area contributed by atoms with Crippen LogP contribution in [0.3, 0.4) is 0 Å². The van der Waals surface area contributed by atoms with Gasteiger partial charge in [0.05, 0.1) is 32.8 Å². The van der Waals surface area contributed by atoms with Crippen LogP contribution < -0.4 is 19.1 Å². The molecule has 4 rings (SSSR count). The molecule has 13 heteroatoms. The van der Waals surface area contributed by atoms with Crippen LogP contribution in [0.4, 0.5) is 21.5 Å². The molecule has 0 saturated heterocycles. The third-order valence-electron chi connectivity index (χ3n) is 5.69. The summed E-state index contributed by atoms with van der Waals surface area (Å²) in [7, 11) is -8.24. The number of hydrogen-bond donors (Lipinski definition) is 2. The number of benzene rings is 4. The minimum Gasteiger partial charge on any atom is -0.494 e. The van der Waals surface area contributed by atoms with Gasteiger partial charge in [0.25, 0.3) is 20.0 Å². The number of carbonyl (C=O) groups is 1. The van der Waals surface area contributed by atoms with E-state index in [-0.39, 0.29) is 31.9 Å². The number of amides is 1. The number of sulfonamides is 2. The SMILES string of the molecule is CCOc1ccc(N(CC(=O)Nc2ccc(S(=O)(=O)Nc3ccccc3Cl)cc2)S(=O)(=O)c2ccc(F)cc2)cc1. The number of ether oxygens (including phenoxy) is 1. The van der Waals surface area contributed by atoms with Crippen molar-refractivity contribution in [3.63, 3.8) is 0 Å². The smallest absolute Gasteiger partial charge is 0.264 e. The summed E-state index contributed by atoms with van der Waals surface area (Å²) < 4.78 is 74.6. The molecule has 0 fully saturated rings. The van der Waals surface area contributed by atoms with Gasteiger partial charge >= 0.3 is 0 Å². The van der Waals surface area contributed by atoms with Gasteiger partial charge in [-0.25, -0.2) is 21.2 Å². The van der Waals surface area contributed by atoms with E-state index < -0.39 is 38.3 Å². The van der Waals surface area contributed by atoms with Crippen molar-refractivity contribution in [1.82, 2.24) is 0 Å². The van der Waals surface area contributed by atoms with Crippen LogP contribution in [0.15, 0.2) is 107 Å². The molecule has 214 valence electrons. The highest BCUT2D eigenvalue weighted by atomic mass is 35.5. The topological polar surface area (TPSA) is 122 Å². The molecule has 0 saturated carbocycles. The number of hydrogen-bond acceptors (Lipinski definition) is 6. The largest absolute Gasteiger partial charge is 0.494 e. The zero-order valence-electron chi connectivity index (χ0n) is 21.6. The molecule has 9 nitrogen and oxygen atoms in total. The second-order valence-electron chi connectivity index (χ2n) is 8.55. The third kappa shape index (κ3) is 7.34. The van der Waals surface area contributed by atoms with Gasteiger partial charge in [0.2, 0.25) is 5.91 Å². The van der Waals surface area contributed by atoms with Crippen molar-refractivity contribution in [1.29, 1.82) is 0 Å². The summed E-state index contributed by atoms with van der Waals surface area (Å²) in [5, 5.41) is 2.81. The molecule has 0 aromatic heterocycles. The molecule has 4 aromatic rings. The summed E-state index contributed by atoms with van der Waals surface area (Å²) in [6.45, 7) is 1.60. The van der Waals surface area contributed by atoms with E-state index in [9.17, 15) is 26.0 Å². The molecule has 2 N–H and O–H groups in total. The van der Waals surface area contributed by atoms with Gasteiger partial charge in [-0.1, -0.05) is 23.7 Å². The molecule has 0 radical (unpaired) electrons. The second kappa shape index (κ2) is 12.6. The zero-order valence-corrected chi connectivity index (χ0v) is 24.0. The van der Waals surface area contributed by atoms with Crippen molar-refractivity contribution in [2.24, 2.45) is 0 Å². The Labute approximate surface area is 242 Å². The number of halogens is 2. The Hall–Kier alpha value is -4.13. The van der Waals surface area contributed by atoms with Crippen molar-refractivity contribution in [2.75, 3.05) is 27.5 Å². The Morgan fingerprint density at radius 2 is 1.46 bits per heavy atom. The predicted octanol–water partition coefficient (Wildman–Crippen LogP) is 5.51. The third-order valence-corrected chi connectivity index (χ3v) is 9.19. The summed E-state index contributed by atoms with van der Waals surface area (Å²) in [5.41, 5.74) is 0.626. The molecule has 0 spiro atoms. The maximum atomic E-state index is 13.5. The first kappa shape index (κ1) is 29.8. The van der Waals surface area contributed by atoms with Crippen molar-refractivity contribution in [3.05, 3.63) is 108 Å². The molecule has 0 aliphatic heterocycles. The minimum absolute atomic E-state index is 0.0784. The maximum Gasteiger partial charge on any atom is 0.264 e. The van der Waals surface area contributed by atoms with Gasteiger partial charge in [-0.3, -0.25) is 13.8 Å². The van der Waals surface area contributed by atoms with E-state index in [0.29, 0.717) is 12.4 Å². The molecule has 4 aromatic carbocycles. The maximum absolute atomic E-state index is 13.5. The fourth-order valence-corrected chi connectivity index (χ4v) is 6.46. The highest BCUT2D eigenvalue weighted by Gasteiger charge is 2.27. The highest BCUT2D eigenvalue weighted by molar-refractivity contribution is 7.93. The van der Waals surface area contributed by atoms with E-state index in [4.69, 9.17) is 16.3 Å². The number of para-hydroxylation sites is 1. The van der Waals surface area contributed by atoms with E-state index >= 15 is 0 Å². The van der Waals surface area contributed by atoms with Crippen LogP contribution in [0.2, 0.25) is 5.02 Å². The Bertz CT molecular complexity index is 1730. The number of carbonyl (C=O) groups excluding carboxylic acids is 1.